The summed E-state index contributed by atoms with van der Waals surface area (Å²) in [6.07, 6.45) is 0.224. The van der Waals surface area contributed by atoms with Crippen LogP contribution in [0.5, 0.6) is 0 Å². The molecule has 1 amide bonds. The minimum Gasteiger partial charge on any atom is -0.352 e. The number of carbonyl (C=O) groups is 1. The Kier molecular flexibility index (Phi) is 9.53. The van der Waals surface area contributed by atoms with Crippen molar-refractivity contribution in [1.82, 2.24) is 10.2 Å². The summed E-state index contributed by atoms with van der Waals surface area (Å²) >= 11 is 0. The van der Waals surface area contributed by atoms with Gasteiger partial charge in [-0.05, 0) is 43.4 Å². The van der Waals surface area contributed by atoms with Crippen molar-refractivity contribution in [1.29, 1.82) is 0 Å². The Morgan fingerprint density at radius 1 is 1.14 bits per heavy atom. The molecule has 1 aromatic carbocycles. The van der Waals surface area contributed by atoms with E-state index in [0.29, 0.717) is 6.54 Å². The van der Waals surface area contributed by atoms with Gasteiger partial charge in [-0.1, -0.05) is 18.6 Å². The van der Waals surface area contributed by atoms with Crippen molar-refractivity contribution in [3.05, 3.63) is 35.4 Å². The standard InChI is InChI=1S/C19H26F3N3O.2ClH/c20-19(21,22)15-6-4-13(5-7-15)11-25-9-8-17(12-25)24-18(26)14-2-1-3-16(23)10-14;;/h4-7,14,16-17H,1-3,8-12,23H2,(H,24,26);2*1H. The van der Waals surface area contributed by atoms with Crippen LogP contribution in [0.2, 0.25) is 0 Å². The normalized spacial score (nSPS) is 25.5. The molecule has 4 nitrogen and oxygen atoms in total. The second-order valence-corrected chi connectivity index (χ2v) is 7.55. The van der Waals surface area contributed by atoms with Crippen LogP contribution in [0.1, 0.15) is 43.2 Å². The van der Waals surface area contributed by atoms with E-state index in [4.69, 9.17) is 5.73 Å². The molecule has 3 unspecified atom stereocenters. The van der Waals surface area contributed by atoms with Gasteiger partial charge in [0.2, 0.25) is 5.91 Å². The molecule has 0 aromatic heterocycles. The molecule has 1 heterocycles. The van der Waals surface area contributed by atoms with Gasteiger partial charge in [-0.3, -0.25) is 9.69 Å². The molecule has 1 aromatic rings. The van der Waals surface area contributed by atoms with Gasteiger partial charge < -0.3 is 11.1 Å². The number of hydrogen-bond donors (Lipinski definition) is 2. The van der Waals surface area contributed by atoms with Crippen molar-refractivity contribution < 1.29 is 18.0 Å². The Bertz CT molecular complexity index is 628. The smallest absolute Gasteiger partial charge is 0.352 e. The van der Waals surface area contributed by atoms with Crippen molar-refractivity contribution >= 4 is 30.7 Å². The van der Waals surface area contributed by atoms with Crippen molar-refractivity contribution in [2.75, 3.05) is 13.1 Å². The first-order valence-electron chi connectivity index (χ1n) is 9.25. The van der Waals surface area contributed by atoms with Crippen LogP contribution < -0.4 is 11.1 Å². The van der Waals surface area contributed by atoms with Crippen LogP contribution in [0.4, 0.5) is 13.2 Å². The van der Waals surface area contributed by atoms with Crippen LogP contribution in [-0.4, -0.2) is 36.0 Å². The zero-order chi connectivity index (χ0) is 18.7. The summed E-state index contributed by atoms with van der Waals surface area (Å²) < 4.78 is 37.8. The number of nitrogens with two attached hydrogens (primary N) is 1. The Hall–Kier alpha value is -1.02. The van der Waals surface area contributed by atoms with Crippen molar-refractivity contribution in [3.8, 4) is 0 Å². The number of halogens is 5. The molecular weight excluding hydrogens is 414 g/mol. The molecule has 3 rings (SSSR count). The quantitative estimate of drug-likeness (QED) is 0.747. The van der Waals surface area contributed by atoms with Crippen LogP contribution >= 0.6 is 24.8 Å². The average Bonchev–Trinajstić information content (AvgIpc) is 3.01. The first-order valence-corrected chi connectivity index (χ1v) is 9.25. The van der Waals surface area contributed by atoms with Crippen LogP contribution in [0.25, 0.3) is 0 Å². The first kappa shape index (κ1) is 25.0. The molecule has 2 fully saturated rings. The molecule has 160 valence electrons. The Balaban J connectivity index is 0.00000196. The summed E-state index contributed by atoms with van der Waals surface area (Å²) in [6.45, 7) is 2.15. The largest absolute Gasteiger partial charge is 0.416 e. The zero-order valence-electron chi connectivity index (χ0n) is 15.6. The Morgan fingerprint density at radius 3 is 2.43 bits per heavy atom. The molecule has 0 spiro atoms. The maximum absolute atomic E-state index is 12.6. The van der Waals surface area contributed by atoms with Crippen molar-refractivity contribution in [3.63, 3.8) is 0 Å². The number of carbonyl (C=O) groups excluding carboxylic acids is 1. The highest BCUT2D eigenvalue weighted by atomic mass is 35.5. The number of nitrogens with zero attached hydrogens (tertiary/aromatic N) is 1. The van der Waals surface area contributed by atoms with Gasteiger partial charge in [0.1, 0.15) is 0 Å². The summed E-state index contributed by atoms with van der Waals surface area (Å²) in [5.74, 6) is 0.115. The molecule has 3 N–H and O–H groups in total. The maximum Gasteiger partial charge on any atom is 0.416 e. The Labute approximate surface area is 176 Å². The lowest BCUT2D eigenvalue weighted by Gasteiger charge is -2.27. The number of rotatable bonds is 4. The predicted octanol–water partition coefficient (Wildman–Crippen LogP) is 3.76. The lowest BCUT2D eigenvalue weighted by molar-refractivity contribution is -0.137. The molecule has 1 saturated heterocycles. The number of likely N-dealkylation sites (tertiary alicyclic amines) is 1. The summed E-state index contributed by atoms with van der Waals surface area (Å²) in [5, 5.41) is 3.13. The fraction of sp³-hybridized carbons (Fsp3) is 0.632. The number of benzene rings is 1. The van der Waals surface area contributed by atoms with Gasteiger partial charge in [0.05, 0.1) is 5.56 Å². The van der Waals surface area contributed by atoms with E-state index in [9.17, 15) is 18.0 Å². The van der Waals surface area contributed by atoms with Gasteiger partial charge in [0, 0.05) is 37.6 Å². The minimum absolute atomic E-state index is 0. The average molecular weight is 442 g/mol. The minimum atomic E-state index is -4.30. The second-order valence-electron chi connectivity index (χ2n) is 7.55. The van der Waals surface area contributed by atoms with Gasteiger partial charge in [0.25, 0.3) is 0 Å². The molecular formula is C19H28Cl2F3N3O. The predicted molar refractivity (Wildman–Crippen MR) is 108 cm³/mol. The maximum atomic E-state index is 12.6. The van der Waals surface area contributed by atoms with Gasteiger partial charge >= 0.3 is 6.18 Å². The SMILES string of the molecule is Cl.Cl.NC1CCCC(C(=O)NC2CCN(Cc3ccc(C(F)(F)F)cc3)C2)C1. The van der Waals surface area contributed by atoms with E-state index in [2.05, 4.69) is 10.2 Å². The topological polar surface area (TPSA) is 58.4 Å². The molecule has 1 aliphatic carbocycles. The van der Waals surface area contributed by atoms with Gasteiger partial charge in [-0.25, -0.2) is 0 Å². The van der Waals surface area contributed by atoms with Crippen LogP contribution in [-0.2, 0) is 17.5 Å². The third kappa shape index (κ3) is 6.79. The molecule has 1 aliphatic heterocycles. The highest BCUT2D eigenvalue weighted by Crippen LogP contribution is 2.29. The molecule has 3 atom stereocenters. The lowest BCUT2D eigenvalue weighted by atomic mass is 9.85. The van der Waals surface area contributed by atoms with E-state index >= 15 is 0 Å². The molecule has 9 heteroatoms. The molecule has 0 radical (unpaired) electrons. The van der Waals surface area contributed by atoms with E-state index in [-0.39, 0.29) is 48.7 Å². The van der Waals surface area contributed by atoms with E-state index in [1.165, 1.54) is 12.1 Å². The summed E-state index contributed by atoms with van der Waals surface area (Å²) in [5.41, 5.74) is 6.18. The molecule has 2 aliphatic rings. The van der Waals surface area contributed by atoms with E-state index in [0.717, 1.165) is 62.9 Å². The fourth-order valence-electron chi connectivity index (χ4n) is 3.94. The number of amides is 1. The van der Waals surface area contributed by atoms with E-state index in [1.54, 1.807) is 0 Å². The van der Waals surface area contributed by atoms with Crippen molar-refractivity contribution in [2.24, 2.45) is 11.7 Å². The lowest BCUT2D eigenvalue weighted by Crippen LogP contribution is -2.43. The third-order valence-electron chi connectivity index (χ3n) is 5.39. The van der Waals surface area contributed by atoms with E-state index < -0.39 is 11.7 Å². The van der Waals surface area contributed by atoms with Gasteiger partial charge in [-0.15, -0.1) is 24.8 Å². The third-order valence-corrected chi connectivity index (χ3v) is 5.39. The van der Waals surface area contributed by atoms with Crippen molar-refractivity contribution in [2.45, 2.75) is 56.9 Å². The molecule has 28 heavy (non-hydrogen) atoms. The summed E-state index contributed by atoms with van der Waals surface area (Å²) in [7, 11) is 0. The highest BCUT2D eigenvalue weighted by Gasteiger charge is 2.31. The molecule has 0 bridgehead atoms. The number of hydrogen-bond acceptors (Lipinski definition) is 3. The van der Waals surface area contributed by atoms with Crippen LogP contribution in [0.15, 0.2) is 24.3 Å². The van der Waals surface area contributed by atoms with E-state index in [1.807, 2.05) is 0 Å². The van der Waals surface area contributed by atoms with Crippen LogP contribution in [0, 0.1) is 5.92 Å². The molecule has 1 saturated carbocycles. The Morgan fingerprint density at radius 2 is 1.82 bits per heavy atom. The fourth-order valence-corrected chi connectivity index (χ4v) is 3.94. The first-order chi connectivity index (χ1) is 12.3. The monoisotopic (exact) mass is 441 g/mol. The number of alkyl halides is 3. The summed E-state index contributed by atoms with van der Waals surface area (Å²) in [6, 6.07) is 5.53. The summed E-state index contributed by atoms with van der Waals surface area (Å²) in [4.78, 5) is 14.6. The zero-order valence-corrected chi connectivity index (χ0v) is 17.2. The highest BCUT2D eigenvalue weighted by molar-refractivity contribution is 5.85. The van der Waals surface area contributed by atoms with Gasteiger partial charge in [0.15, 0.2) is 0 Å². The number of nitrogens with one attached hydrogen (secondary N) is 1. The van der Waals surface area contributed by atoms with Gasteiger partial charge in [-0.2, -0.15) is 13.2 Å². The second kappa shape index (κ2) is 10.7. The van der Waals surface area contributed by atoms with Crippen LogP contribution in [0.3, 0.4) is 0 Å².